The van der Waals surface area contributed by atoms with E-state index >= 15 is 0 Å². The summed E-state index contributed by atoms with van der Waals surface area (Å²) >= 11 is 0. The number of rotatable bonds is 1. The van der Waals surface area contributed by atoms with E-state index in [4.69, 9.17) is 23.7 Å². The molecule has 22 heavy (non-hydrogen) atoms. The molecule has 2 saturated carbocycles. The van der Waals surface area contributed by atoms with E-state index in [2.05, 4.69) is 0 Å². The second-order valence-electron chi connectivity index (χ2n) is 7.40. The minimum absolute atomic E-state index is 0.206. The molecule has 0 aromatic carbocycles. The summed E-state index contributed by atoms with van der Waals surface area (Å²) in [5.74, 6) is -2.12. The predicted octanol–water partition coefficient (Wildman–Crippen LogP) is 1.45. The number of ether oxygens (including phenoxy) is 5. The highest BCUT2D eigenvalue weighted by atomic mass is 16.9. The monoisotopic (exact) mass is 312 g/mol. The van der Waals surface area contributed by atoms with Crippen LogP contribution in [0, 0.1) is 0 Å². The van der Waals surface area contributed by atoms with Crippen molar-refractivity contribution in [2.75, 3.05) is 13.2 Å². The molecular weight excluding hydrogens is 288 g/mol. The summed E-state index contributed by atoms with van der Waals surface area (Å²) in [6.07, 6.45) is 7.27. The van der Waals surface area contributed by atoms with Gasteiger partial charge in [0.2, 0.25) is 5.79 Å². The largest absolute Gasteiger partial charge is 0.391 e. The molecule has 2 spiro atoms. The molecule has 0 unspecified atom stereocenters. The van der Waals surface area contributed by atoms with E-state index in [0.29, 0.717) is 6.61 Å². The van der Waals surface area contributed by atoms with Crippen molar-refractivity contribution in [1.82, 2.24) is 0 Å². The molecule has 0 bridgehead atoms. The molecule has 0 amide bonds. The van der Waals surface area contributed by atoms with Crippen molar-refractivity contribution in [3.63, 3.8) is 0 Å². The van der Waals surface area contributed by atoms with Crippen molar-refractivity contribution in [2.24, 2.45) is 0 Å². The van der Waals surface area contributed by atoms with Gasteiger partial charge in [0, 0.05) is 25.7 Å². The first-order valence-corrected chi connectivity index (χ1v) is 8.67. The van der Waals surface area contributed by atoms with Gasteiger partial charge >= 0.3 is 0 Å². The molecule has 6 nitrogen and oxygen atoms in total. The Kier molecular flexibility index (Phi) is 2.99. The van der Waals surface area contributed by atoms with E-state index in [-0.39, 0.29) is 24.9 Å². The number of aliphatic hydroxyl groups is 1. The molecule has 0 aromatic rings. The second kappa shape index (κ2) is 4.65. The van der Waals surface area contributed by atoms with Crippen LogP contribution in [-0.4, -0.2) is 54.0 Å². The smallest absolute Gasteiger partial charge is 0.224 e. The molecule has 1 N–H and O–H groups in total. The zero-order valence-electron chi connectivity index (χ0n) is 12.8. The standard InChI is InChI=1S/C16H24O6/c17-10-16-13(21-15(22-16)7-3-4-8-15)12-11(19-16)9-18-14(20-12)5-1-2-6-14/h11-13,17H,1-10H2/t11-,12+,13-,16-/m0/s1. The first-order valence-electron chi connectivity index (χ1n) is 8.67. The van der Waals surface area contributed by atoms with Crippen LogP contribution in [0.4, 0.5) is 0 Å². The minimum Gasteiger partial charge on any atom is -0.391 e. The summed E-state index contributed by atoms with van der Waals surface area (Å²) in [6, 6.07) is 0. The molecule has 2 aliphatic carbocycles. The van der Waals surface area contributed by atoms with Crippen LogP contribution in [0.5, 0.6) is 0 Å². The van der Waals surface area contributed by atoms with Crippen LogP contribution in [0.1, 0.15) is 51.4 Å². The van der Waals surface area contributed by atoms with Crippen molar-refractivity contribution in [3.8, 4) is 0 Å². The lowest BCUT2D eigenvalue weighted by atomic mass is 10.0. The molecule has 4 atom stereocenters. The lowest BCUT2D eigenvalue weighted by molar-refractivity contribution is -0.341. The lowest BCUT2D eigenvalue weighted by Crippen LogP contribution is -2.53. The van der Waals surface area contributed by atoms with Gasteiger partial charge in [0.15, 0.2) is 11.6 Å². The molecule has 3 aliphatic heterocycles. The molecule has 3 heterocycles. The minimum atomic E-state index is -1.08. The van der Waals surface area contributed by atoms with E-state index in [1.165, 1.54) is 0 Å². The van der Waals surface area contributed by atoms with Crippen molar-refractivity contribution in [1.29, 1.82) is 0 Å². The van der Waals surface area contributed by atoms with Gasteiger partial charge in [0.1, 0.15) is 24.9 Å². The average Bonchev–Trinajstić information content (AvgIpc) is 3.26. The third kappa shape index (κ3) is 1.82. The highest BCUT2D eigenvalue weighted by molar-refractivity contribution is 5.07. The second-order valence-corrected chi connectivity index (χ2v) is 7.40. The van der Waals surface area contributed by atoms with Gasteiger partial charge in [0.05, 0.1) is 6.61 Å². The highest BCUT2D eigenvalue weighted by Gasteiger charge is 2.69. The summed E-state index contributed by atoms with van der Waals surface area (Å²) in [6.45, 7) is 0.283. The summed E-state index contributed by atoms with van der Waals surface area (Å²) in [5, 5.41) is 9.95. The Balaban J connectivity index is 1.44. The van der Waals surface area contributed by atoms with Crippen LogP contribution in [0.25, 0.3) is 0 Å². The first-order chi connectivity index (χ1) is 10.7. The Morgan fingerprint density at radius 3 is 2.23 bits per heavy atom. The van der Waals surface area contributed by atoms with Crippen LogP contribution in [0.3, 0.4) is 0 Å². The number of aliphatic hydroxyl groups excluding tert-OH is 1. The van der Waals surface area contributed by atoms with Gasteiger partial charge in [-0.3, -0.25) is 0 Å². The Bertz CT molecular complexity index is 456. The van der Waals surface area contributed by atoms with Gasteiger partial charge in [-0.05, 0) is 25.7 Å². The molecule has 5 fully saturated rings. The fourth-order valence-electron chi connectivity index (χ4n) is 4.90. The van der Waals surface area contributed by atoms with Gasteiger partial charge in [-0.1, -0.05) is 0 Å². The maximum absolute atomic E-state index is 9.95. The number of fused-ring (bicyclic) bond motifs is 3. The first kappa shape index (κ1) is 14.1. The van der Waals surface area contributed by atoms with Crippen LogP contribution < -0.4 is 0 Å². The van der Waals surface area contributed by atoms with Crippen LogP contribution >= 0.6 is 0 Å². The molecule has 124 valence electrons. The van der Waals surface area contributed by atoms with Crippen molar-refractivity contribution in [3.05, 3.63) is 0 Å². The Labute approximate surface area is 130 Å². The number of hydrogen-bond acceptors (Lipinski definition) is 6. The molecule has 3 saturated heterocycles. The molecule has 0 aromatic heterocycles. The Morgan fingerprint density at radius 1 is 0.864 bits per heavy atom. The van der Waals surface area contributed by atoms with E-state index in [9.17, 15) is 5.11 Å². The van der Waals surface area contributed by atoms with E-state index in [0.717, 1.165) is 51.4 Å². The van der Waals surface area contributed by atoms with Crippen molar-refractivity contribution >= 4 is 0 Å². The van der Waals surface area contributed by atoms with Crippen molar-refractivity contribution < 1.29 is 28.8 Å². The maximum Gasteiger partial charge on any atom is 0.224 e. The van der Waals surface area contributed by atoms with E-state index in [1.807, 2.05) is 0 Å². The zero-order valence-corrected chi connectivity index (χ0v) is 12.8. The molecule has 5 aliphatic rings. The normalized spacial score (nSPS) is 48.1. The topological polar surface area (TPSA) is 66.4 Å². The molecule has 5 rings (SSSR count). The van der Waals surface area contributed by atoms with Gasteiger partial charge < -0.3 is 28.8 Å². The summed E-state index contributed by atoms with van der Waals surface area (Å²) in [5.41, 5.74) is 0. The van der Waals surface area contributed by atoms with Crippen LogP contribution in [0.15, 0.2) is 0 Å². The third-order valence-corrected chi connectivity index (χ3v) is 5.96. The predicted molar refractivity (Wildman–Crippen MR) is 73.9 cm³/mol. The lowest BCUT2D eigenvalue weighted by Gasteiger charge is -2.41. The van der Waals surface area contributed by atoms with E-state index < -0.39 is 17.4 Å². The summed E-state index contributed by atoms with van der Waals surface area (Å²) < 4.78 is 30.9. The van der Waals surface area contributed by atoms with Crippen molar-refractivity contribution in [2.45, 2.75) is 87.0 Å². The van der Waals surface area contributed by atoms with Gasteiger partial charge in [-0.2, -0.15) is 0 Å². The molecular formula is C16H24O6. The highest BCUT2D eigenvalue weighted by Crippen LogP contribution is 2.54. The summed E-state index contributed by atoms with van der Waals surface area (Å²) in [7, 11) is 0. The maximum atomic E-state index is 9.95. The van der Waals surface area contributed by atoms with Gasteiger partial charge in [-0.25, -0.2) is 0 Å². The fourth-order valence-corrected chi connectivity index (χ4v) is 4.90. The Hall–Kier alpha value is -0.240. The van der Waals surface area contributed by atoms with Crippen LogP contribution in [0.2, 0.25) is 0 Å². The van der Waals surface area contributed by atoms with Crippen LogP contribution in [-0.2, 0) is 23.7 Å². The molecule has 6 heteroatoms. The average molecular weight is 312 g/mol. The Morgan fingerprint density at radius 2 is 1.55 bits per heavy atom. The van der Waals surface area contributed by atoms with E-state index in [1.54, 1.807) is 0 Å². The summed E-state index contributed by atoms with van der Waals surface area (Å²) in [4.78, 5) is 0. The van der Waals surface area contributed by atoms with Gasteiger partial charge in [-0.15, -0.1) is 0 Å². The van der Waals surface area contributed by atoms with Gasteiger partial charge in [0.25, 0.3) is 0 Å². The zero-order chi connectivity index (χ0) is 14.8. The number of hydrogen-bond donors (Lipinski definition) is 1. The quantitative estimate of drug-likeness (QED) is 0.790. The molecule has 0 radical (unpaired) electrons. The fraction of sp³-hybridized carbons (Fsp3) is 1.00. The third-order valence-electron chi connectivity index (χ3n) is 5.96. The SMILES string of the molecule is OC[C@@]12O[C@H]3COC4(CCCC4)O[C@H]3[C@@H]1OC1(CCCC1)O2.